The van der Waals surface area contributed by atoms with Crippen molar-refractivity contribution in [2.24, 2.45) is 0 Å². The van der Waals surface area contributed by atoms with Crippen LogP contribution in [0.2, 0.25) is 0 Å². The van der Waals surface area contributed by atoms with E-state index in [0.29, 0.717) is 24.1 Å². The first-order valence-electron chi connectivity index (χ1n) is 6.89. The molecule has 110 valence electrons. The van der Waals surface area contributed by atoms with Gasteiger partial charge in [-0.25, -0.2) is 0 Å². The number of imide groups is 1. The number of nitrogens with zero attached hydrogens (tertiary/aromatic N) is 1. The molecule has 6 nitrogen and oxygen atoms in total. The minimum atomic E-state index is -0.598. The maximum atomic E-state index is 12.5. The van der Waals surface area contributed by atoms with E-state index in [1.165, 1.54) is 4.90 Å². The lowest BCUT2D eigenvalue weighted by Crippen LogP contribution is -2.52. The number of aliphatic hydroxyl groups is 1. The highest BCUT2D eigenvalue weighted by Crippen LogP contribution is 2.30. The normalized spacial score (nSPS) is 21.5. The molecule has 1 fully saturated rings. The van der Waals surface area contributed by atoms with Crippen molar-refractivity contribution >= 4 is 17.7 Å². The number of aliphatic hydroxyl groups excluding tert-OH is 1. The predicted molar refractivity (Wildman–Crippen MR) is 73.1 cm³/mol. The summed E-state index contributed by atoms with van der Waals surface area (Å²) in [7, 11) is 0. The number of carbonyl (C=O) groups excluding carboxylic acids is 3. The first-order chi connectivity index (χ1) is 10.0. The number of rotatable bonds is 2. The first-order valence-corrected chi connectivity index (χ1v) is 6.89. The molecule has 2 aliphatic heterocycles. The molecule has 21 heavy (non-hydrogen) atoms. The third-order valence-electron chi connectivity index (χ3n) is 4.12. The number of hydrogen-bond donors (Lipinski definition) is 2. The standard InChI is InChI=1S/C15H16N2O4/c1-8-4-9(7-18)5-10-11(8)6-17(15(10)21)12-2-3-13(19)16-14(12)20/h4-5,12,18H,2-3,6-7H2,1H3,(H,16,19,20). The van der Waals surface area contributed by atoms with E-state index in [2.05, 4.69) is 5.32 Å². The fraction of sp³-hybridized carbons (Fsp3) is 0.400. The molecule has 6 heteroatoms. The van der Waals surface area contributed by atoms with Crippen LogP contribution < -0.4 is 5.32 Å². The van der Waals surface area contributed by atoms with Gasteiger partial charge in [-0.2, -0.15) is 0 Å². The summed E-state index contributed by atoms with van der Waals surface area (Å²) < 4.78 is 0. The number of nitrogens with one attached hydrogen (secondary N) is 1. The van der Waals surface area contributed by atoms with E-state index in [9.17, 15) is 19.5 Å². The van der Waals surface area contributed by atoms with Crippen LogP contribution in [0.25, 0.3) is 0 Å². The summed E-state index contributed by atoms with van der Waals surface area (Å²) in [6.07, 6.45) is 0.605. The minimum Gasteiger partial charge on any atom is -0.392 e. The SMILES string of the molecule is Cc1cc(CO)cc2c1CN(C1CCC(=O)NC1=O)C2=O. The molecule has 1 unspecified atom stereocenters. The molecule has 1 saturated heterocycles. The Morgan fingerprint density at radius 2 is 2.10 bits per heavy atom. The Balaban J connectivity index is 1.92. The average molecular weight is 288 g/mol. The molecule has 0 saturated carbocycles. The van der Waals surface area contributed by atoms with Crippen molar-refractivity contribution in [1.29, 1.82) is 0 Å². The highest BCUT2D eigenvalue weighted by atomic mass is 16.3. The number of fused-ring (bicyclic) bond motifs is 1. The highest BCUT2D eigenvalue weighted by Gasteiger charge is 2.39. The van der Waals surface area contributed by atoms with E-state index in [4.69, 9.17) is 0 Å². The minimum absolute atomic E-state index is 0.125. The van der Waals surface area contributed by atoms with Gasteiger partial charge in [0.15, 0.2) is 0 Å². The van der Waals surface area contributed by atoms with Gasteiger partial charge < -0.3 is 10.0 Å². The monoisotopic (exact) mass is 288 g/mol. The molecule has 2 N–H and O–H groups in total. The van der Waals surface area contributed by atoms with Gasteiger partial charge in [0.25, 0.3) is 5.91 Å². The Morgan fingerprint density at radius 1 is 1.33 bits per heavy atom. The average Bonchev–Trinajstić information content (AvgIpc) is 2.77. The van der Waals surface area contributed by atoms with Crippen molar-refractivity contribution < 1.29 is 19.5 Å². The summed E-state index contributed by atoms with van der Waals surface area (Å²) >= 11 is 0. The number of hydrogen-bond acceptors (Lipinski definition) is 4. The predicted octanol–water partition coefficient (Wildman–Crippen LogP) is 0.248. The smallest absolute Gasteiger partial charge is 0.255 e. The molecule has 1 aromatic carbocycles. The highest BCUT2D eigenvalue weighted by molar-refractivity contribution is 6.05. The molecular formula is C15H16N2O4. The van der Waals surface area contributed by atoms with Crippen LogP contribution >= 0.6 is 0 Å². The van der Waals surface area contributed by atoms with Gasteiger partial charge in [0, 0.05) is 18.5 Å². The van der Waals surface area contributed by atoms with E-state index in [1.807, 2.05) is 13.0 Å². The zero-order chi connectivity index (χ0) is 15.1. The molecule has 0 radical (unpaired) electrons. The van der Waals surface area contributed by atoms with Crippen LogP contribution in [-0.2, 0) is 22.7 Å². The lowest BCUT2D eigenvalue weighted by atomic mass is 10.0. The van der Waals surface area contributed by atoms with Crippen molar-refractivity contribution in [1.82, 2.24) is 10.2 Å². The van der Waals surface area contributed by atoms with Crippen LogP contribution in [0.5, 0.6) is 0 Å². The van der Waals surface area contributed by atoms with E-state index in [0.717, 1.165) is 11.1 Å². The fourth-order valence-electron chi connectivity index (χ4n) is 3.01. The Bertz CT molecular complexity index is 653. The van der Waals surface area contributed by atoms with Crippen LogP contribution in [0.15, 0.2) is 12.1 Å². The summed E-state index contributed by atoms with van der Waals surface area (Å²) in [5, 5.41) is 11.5. The summed E-state index contributed by atoms with van der Waals surface area (Å²) in [5.74, 6) is -0.913. The summed E-state index contributed by atoms with van der Waals surface area (Å²) in [4.78, 5) is 37.2. The molecule has 3 rings (SSSR count). The Labute approximate surface area is 121 Å². The van der Waals surface area contributed by atoms with Crippen molar-refractivity contribution in [3.8, 4) is 0 Å². The second-order valence-corrected chi connectivity index (χ2v) is 5.50. The molecule has 0 spiro atoms. The van der Waals surface area contributed by atoms with Crippen molar-refractivity contribution in [2.45, 2.75) is 39.0 Å². The molecular weight excluding hydrogens is 272 g/mol. The van der Waals surface area contributed by atoms with Crippen molar-refractivity contribution in [3.63, 3.8) is 0 Å². The number of benzene rings is 1. The maximum Gasteiger partial charge on any atom is 0.255 e. The van der Waals surface area contributed by atoms with Crippen molar-refractivity contribution in [3.05, 3.63) is 34.4 Å². The summed E-state index contributed by atoms with van der Waals surface area (Å²) in [6, 6.07) is 2.93. The Morgan fingerprint density at radius 3 is 2.76 bits per heavy atom. The Hall–Kier alpha value is -2.21. The summed E-state index contributed by atoms with van der Waals surface area (Å²) in [6.45, 7) is 2.14. The lowest BCUT2D eigenvalue weighted by molar-refractivity contribution is -0.136. The molecule has 1 atom stereocenters. The second-order valence-electron chi connectivity index (χ2n) is 5.50. The van der Waals surface area contributed by atoms with Crippen LogP contribution in [0.3, 0.4) is 0 Å². The number of amides is 3. The second kappa shape index (κ2) is 4.96. The number of aryl methyl sites for hydroxylation is 1. The molecule has 0 aromatic heterocycles. The first kappa shape index (κ1) is 13.8. The van der Waals surface area contributed by atoms with E-state index >= 15 is 0 Å². The van der Waals surface area contributed by atoms with Gasteiger partial charge >= 0.3 is 0 Å². The van der Waals surface area contributed by atoms with Crippen LogP contribution in [0.4, 0.5) is 0 Å². The summed E-state index contributed by atoms with van der Waals surface area (Å²) in [5.41, 5.74) is 3.05. The molecule has 0 aliphatic carbocycles. The van der Waals surface area contributed by atoms with Crippen LogP contribution in [-0.4, -0.2) is 33.8 Å². The number of piperidine rings is 1. The number of carbonyl (C=O) groups is 3. The molecule has 2 heterocycles. The van der Waals surface area contributed by atoms with Crippen LogP contribution in [0, 0.1) is 6.92 Å². The van der Waals surface area contributed by atoms with E-state index in [-0.39, 0.29) is 24.8 Å². The van der Waals surface area contributed by atoms with Gasteiger partial charge in [0.1, 0.15) is 6.04 Å². The molecule has 1 aromatic rings. The molecule has 2 aliphatic rings. The molecule has 0 bridgehead atoms. The third kappa shape index (κ3) is 2.21. The van der Waals surface area contributed by atoms with Crippen molar-refractivity contribution in [2.75, 3.05) is 0 Å². The quantitative estimate of drug-likeness (QED) is 0.764. The van der Waals surface area contributed by atoms with E-state index in [1.54, 1.807) is 6.07 Å². The molecule has 3 amide bonds. The van der Waals surface area contributed by atoms with Gasteiger partial charge in [-0.15, -0.1) is 0 Å². The zero-order valence-electron chi connectivity index (χ0n) is 11.7. The Kier molecular flexibility index (Phi) is 3.25. The van der Waals surface area contributed by atoms with Gasteiger partial charge in [0.05, 0.1) is 6.61 Å². The lowest BCUT2D eigenvalue weighted by Gasteiger charge is -2.29. The van der Waals surface area contributed by atoms with Gasteiger partial charge in [-0.05, 0) is 36.1 Å². The largest absolute Gasteiger partial charge is 0.392 e. The topological polar surface area (TPSA) is 86.7 Å². The third-order valence-corrected chi connectivity index (χ3v) is 4.12. The van der Waals surface area contributed by atoms with Gasteiger partial charge in [-0.1, -0.05) is 6.07 Å². The maximum absolute atomic E-state index is 12.5. The van der Waals surface area contributed by atoms with Gasteiger partial charge in [0.2, 0.25) is 11.8 Å². The van der Waals surface area contributed by atoms with Gasteiger partial charge in [-0.3, -0.25) is 19.7 Å². The fourth-order valence-corrected chi connectivity index (χ4v) is 3.01. The zero-order valence-corrected chi connectivity index (χ0v) is 11.7. The van der Waals surface area contributed by atoms with Crippen LogP contribution in [0.1, 0.15) is 39.9 Å². The van der Waals surface area contributed by atoms with E-state index < -0.39 is 11.9 Å².